The molecular weight excluding hydrogens is 486 g/mol. The second-order valence-electron chi connectivity index (χ2n) is 12.6. The van der Waals surface area contributed by atoms with Gasteiger partial charge in [0.25, 0.3) is 17.7 Å². The van der Waals surface area contributed by atoms with Crippen molar-refractivity contribution in [2.24, 2.45) is 17.8 Å². The van der Waals surface area contributed by atoms with Crippen molar-refractivity contribution in [3.63, 3.8) is 0 Å². The van der Waals surface area contributed by atoms with E-state index in [-0.39, 0.29) is 35.8 Å². The highest BCUT2D eigenvalue weighted by Gasteiger charge is 2.27. The molecule has 0 aliphatic heterocycles. The molecule has 3 N–H and O–H groups in total. The molecule has 1 aromatic carbocycles. The van der Waals surface area contributed by atoms with Crippen molar-refractivity contribution in [1.82, 2.24) is 16.0 Å². The van der Waals surface area contributed by atoms with E-state index in [0.29, 0.717) is 34.4 Å². The molecular formula is C33H51N3O3. The van der Waals surface area contributed by atoms with Gasteiger partial charge in [-0.15, -0.1) is 0 Å². The fourth-order valence-corrected chi connectivity index (χ4v) is 7.21. The first kappa shape index (κ1) is 29.6. The highest BCUT2D eigenvalue weighted by atomic mass is 16.2. The van der Waals surface area contributed by atoms with Gasteiger partial charge in [0.2, 0.25) is 0 Å². The van der Waals surface area contributed by atoms with Crippen molar-refractivity contribution in [2.45, 2.75) is 135 Å². The van der Waals surface area contributed by atoms with Crippen molar-refractivity contribution < 1.29 is 14.4 Å². The largest absolute Gasteiger partial charge is 0.349 e. The van der Waals surface area contributed by atoms with Crippen LogP contribution in [0.4, 0.5) is 0 Å². The number of amides is 3. The predicted octanol–water partition coefficient (Wildman–Crippen LogP) is 6.78. The molecule has 0 aromatic heterocycles. The van der Waals surface area contributed by atoms with Crippen LogP contribution in [0.5, 0.6) is 0 Å². The molecule has 0 radical (unpaired) electrons. The van der Waals surface area contributed by atoms with Crippen LogP contribution in [0.3, 0.4) is 0 Å². The minimum Gasteiger partial charge on any atom is -0.349 e. The van der Waals surface area contributed by atoms with Gasteiger partial charge >= 0.3 is 0 Å². The first-order valence-corrected chi connectivity index (χ1v) is 16.0. The van der Waals surface area contributed by atoms with Crippen molar-refractivity contribution in [2.75, 3.05) is 0 Å². The van der Waals surface area contributed by atoms with Crippen LogP contribution >= 0.6 is 0 Å². The molecule has 1 aromatic rings. The highest BCUT2D eigenvalue weighted by molar-refractivity contribution is 6.04. The molecule has 6 nitrogen and oxygen atoms in total. The fraction of sp³-hybridized carbons (Fsp3) is 0.727. The molecule has 6 heteroatoms. The van der Waals surface area contributed by atoms with Crippen LogP contribution in [0.15, 0.2) is 18.2 Å². The van der Waals surface area contributed by atoms with Crippen LogP contribution in [-0.2, 0) is 0 Å². The molecule has 3 aliphatic rings. The number of hydrogen-bond acceptors (Lipinski definition) is 3. The third kappa shape index (κ3) is 8.31. The molecule has 6 unspecified atom stereocenters. The zero-order valence-electron chi connectivity index (χ0n) is 24.5. The second-order valence-corrected chi connectivity index (χ2v) is 12.6. The SMILES string of the molecule is CCC1CCCC(NC(=O)c2cc(C(=O)NC3CCCC(CC)C3)cc(C(=O)NC3CCCC(CC)C3)c2)C1. The van der Waals surface area contributed by atoms with Gasteiger partial charge in [-0.2, -0.15) is 0 Å². The lowest BCUT2D eigenvalue weighted by Gasteiger charge is -2.30. The number of rotatable bonds is 9. The molecule has 39 heavy (non-hydrogen) atoms. The van der Waals surface area contributed by atoms with Crippen molar-refractivity contribution in [3.8, 4) is 0 Å². The van der Waals surface area contributed by atoms with E-state index in [4.69, 9.17) is 0 Å². The average Bonchev–Trinajstić information content (AvgIpc) is 2.97. The first-order valence-electron chi connectivity index (χ1n) is 16.0. The van der Waals surface area contributed by atoms with Crippen molar-refractivity contribution in [3.05, 3.63) is 34.9 Å². The molecule has 0 saturated heterocycles. The average molecular weight is 538 g/mol. The lowest BCUT2D eigenvalue weighted by molar-refractivity contribution is 0.0918. The summed E-state index contributed by atoms with van der Waals surface area (Å²) in [7, 11) is 0. The van der Waals surface area contributed by atoms with Crippen LogP contribution in [0.1, 0.15) is 148 Å². The molecule has 216 valence electrons. The van der Waals surface area contributed by atoms with E-state index in [1.807, 2.05) is 0 Å². The van der Waals surface area contributed by atoms with Gasteiger partial charge in [0.05, 0.1) is 0 Å². The topological polar surface area (TPSA) is 87.3 Å². The van der Waals surface area contributed by atoms with Crippen molar-refractivity contribution in [1.29, 1.82) is 0 Å². The molecule has 0 bridgehead atoms. The highest BCUT2D eigenvalue weighted by Crippen LogP contribution is 2.29. The molecule has 3 saturated carbocycles. The monoisotopic (exact) mass is 537 g/mol. The maximum atomic E-state index is 13.4. The number of benzene rings is 1. The number of carbonyl (C=O) groups excluding carboxylic acids is 3. The Bertz CT molecular complexity index is 856. The quantitative estimate of drug-likeness (QED) is 0.324. The summed E-state index contributed by atoms with van der Waals surface area (Å²) < 4.78 is 0. The summed E-state index contributed by atoms with van der Waals surface area (Å²) in [6, 6.07) is 5.47. The minimum absolute atomic E-state index is 0.146. The van der Waals surface area contributed by atoms with Crippen LogP contribution in [-0.4, -0.2) is 35.8 Å². The molecule has 0 spiro atoms. The lowest BCUT2D eigenvalue weighted by Crippen LogP contribution is -2.40. The number of nitrogens with one attached hydrogen (secondary N) is 3. The summed E-state index contributed by atoms with van der Waals surface area (Å²) in [4.78, 5) is 40.3. The van der Waals surface area contributed by atoms with E-state index >= 15 is 0 Å². The maximum Gasteiger partial charge on any atom is 0.251 e. The Labute approximate surface area is 235 Å². The van der Waals surface area contributed by atoms with Crippen LogP contribution < -0.4 is 16.0 Å². The zero-order valence-corrected chi connectivity index (χ0v) is 24.5. The van der Waals surface area contributed by atoms with Gasteiger partial charge in [-0.05, 0) is 74.5 Å². The van der Waals surface area contributed by atoms with E-state index in [9.17, 15) is 14.4 Å². The van der Waals surface area contributed by atoms with Gasteiger partial charge < -0.3 is 16.0 Å². The summed E-state index contributed by atoms with van der Waals surface area (Å²) in [5.41, 5.74) is 1.20. The molecule has 0 heterocycles. The van der Waals surface area contributed by atoms with Gasteiger partial charge in [-0.3, -0.25) is 14.4 Å². The number of hydrogen-bond donors (Lipinski definition) is 3. The lowest BCUT2D eigenvalue weighted by atomic mass is 9.84. The summed E-state index contributed by atoms with van der Waals surface area (Å²) in [6.45, 7) is 6.64. The smallest absolute Gasteiger partial charge is 0.251 e. The Hall–Kier alpha value is -2.37. The third-order valence-corrected chi connectivity index (χ3v) is 9.81. The molecule has 6 atom stereocenters. The van der Waals surface area contributed by atoms with Gasteiger partial charge in [-0.25, -0.2) is 0 Å². The van der Waals surface area contributed by atoms with Crippen molar-refractivity contribution >= 4 is 17.7 Å². The Morgan fingerprint density at radius 3 is 1.08 bits per heavy atom. The van der Waals surface area contributed by atoms with Crippen LogP contribution in [0.2, 0.25) is 0 Å². The summed E-state index contributed by atoms with van der Waals surface area (Å²) in [6.07, 6.45) is 16.4. The van der Waals surface area contributed by atoms with Crippen LogP contribution in [0.25, 0.3) is 0 Å². The van der Waals surface area contributed by atoms with Gasteiger partial charge in [0, 0.05) is 34.8 Å². The number of carbonyl (C=O) groups is 3. The van der Waals surface area contributed by atoms with E-state index in [0.717, 1.165) is 77.0 Å². The van der Waals surface area contributed by atoms with E-state index in [2.05, 4.69) is 36.7 Å². The Balaban J connectivity index is 1.52. The Morgan fingerprint density at radius 2 is 0.821 bits per heavy atom. The maximum absolute atomic E-state index is 13.4. The third-order valence-electron chi connectivity index (χ3n) is 9.81. The minimum atomic E-state index is -0.187. The second kappa shape index (κ2) is 14.3. The first-order chi connectivity index (χ1) is 18.9. The van der Waals surface area contributed by atoms with Gasteiger partial charge in [0.1, 0.15) is 0 Å². The van der Waals surface area contributed by atoms with E-state index in [1.54, 1.807) is 18.2 Å². The predicted molar refractivity (Wildman–Crippen MR) is 157 cm³/mol. The van der Waals surface area contributed by atoms with E-state index in [1.165, 1.54) is 19.3 Å². The standard InChI is InChI=1S/C33H51N3O3/c1-4-22-10-7-13-28(16-22)34-31(37)25-19-26(32(38)35-29-14-8-11-23(5-2)17-29)21-27(20-25)33(39)36-30-15-9-12-24(6-3)18-30/h19-24,28-30H,4-18H2,1-3H3,(H,34,37)(H,35,38)(H,36,39). The molecule has 3 fully saturated rings. The Kier molecular flexibility index (Phi) is 10.9. The summed E-state index contributed by atoms with van der Waals surface area (Å²) >= 11 is 0. The van der Waals surface area contributed by atoms with Gasteiger partial charge in [-0.1, -0.05) is 78.6 Å². The fourth-order valence-electron chi connectivity index (χ4n) is 7.21. The van der Waals surface area contributed by atoms with E-state index < -0.39 is 0 Å². The van der Waals surface area contributed by atoms with Gasteiger partial charge in [0.15, 0.2) is 0 Å². The zero-order chi connectivity index (χ0) is 27.8. The Morgan fingerprint density at radius 1 is 0.538 bits per heavy atom. The molecule has 4 rings (SSSR count). The summed E-state index contributed by atoms with van der Waals surface area (Å²) in [5, 5.41) is 9.66. The molecule has 3 aliphatic carbocycles. The molecule has 3 amide bonds. The van der Waals surface area contributed by atoms with Crippen LogP contribution in [0, 0.1) is 17.8 Å². The summed E-state index contributed by atoms with van der Waals surface area (Å²) in [5.74, 6) is 1.38. The normalized spacial score (nSPS) is 29.3.